The summed E-state index contributed by atoms with van der Waals surface area (Å²) in [5, 5.41) is 15.1. The van der Waals surface area contributed by atoms with Crippen molar-refractivity contribution in [3.8, 4) is 0 Å². The minimum atomic E-state index is -1.43. The Hall–Kier alpha value is -1.94. The van der Waals surface area contributed by atoms with E-state index in [1.807, 2.05) is 19.9 Å². The number of Topliss-reactive ketones (excluding diaryl/α,β-unsaturated/α-hetero) is 1. The third-order valence-corrected chi connectivity index (χ3v) is 4.05. The lowest BCUT2D eigenvalue weighted by Crippen LogP contribution is -2.55. The Kier molecular flexibility index (Phi) is 3.52. The Morgan fingerprint density at radius 2 is 2.00 bits per heavy atom. The molecule has 1 aromatic rings. The van der Waals surface area contributed by atoms with Crippen molar-refractivity contribution >= 4 is 11.5 Å². The molecule has 0 heterocycles. The summed E-state index contributed by atoms with van der Waals surface area (Å²) in [5.74, 6) is -0.104. The number of ketones is 1. The Morgan fingerprint density at radius 1 is 1.40 bits per heavy atom. The zero-order valence-corrected chi connectivity index (χ0v) is 12.0. The quantitative estimate of drug-likeness (QED) is 0.680. The molecular formula is C16H19NO3. The lowest BCUT2D eigenvalue weighted by molar-refractivity contribution is 0.0119. The molecule has 0 fully saturated rings. The van der Waals surface area contributed by atoms with Crippen molar-refractivity contribution in [2.75, 3.05) is 7.11 Å². The van der Waals surface area contributed by atoms with Gasteiger partial charge in [-0.1, -0.05) is 49.3 Å². The Labute approximate surface area is 118 Å². The molecule has 0 radical (unpaired) electrons. The standard InChI is InChI=1S/C16H19NO3/c1-5-15(2,3)16(19)10-13(18)11-8-6-7-9-12(11)14(16)17-20-4/h5-9,19H,1,10H2,2-4H3. The molecule has 1 aliphatic carbocycles. The van der Waals surface area contributed by atoms with Crippen LogP contribution in [-0.4, -0.2) is 29.3 Å². The van der Waals surface area contributed by atoms with Crippen LogP contribution in [0.25, 0.3) is 0 Å². The van der Waals surface area contributed by atoms with Crippen molar-refractivity contribution in [2.24, 2.45) is 10.6 Å². The van der Waals surface area contributed by atoms with Crippen LogP contribution in [0.1, 0.15) is 36.2 Å². The van der Waals surface area contributed by atoms with Gasteiger partial charge >= 0.3 is 0 Å². The minimum absolute atomic E-state index is 0.0365. The second-order valence-electron chi connectivity index (χ2n) is 5.55. The molecule has 1 aliphatic rings. The monoisotopic (exact) mass is 273 g/mol. The molecule has 106 valence electrons. The van der Waals surface area contributed by atoms with Crippen LogP contribution in [0.15, 0.2) is 42.1 Å². The summed E-state index contributed by atoms with van der Waals surface area (Å²) in [6.45, 7) is 7.41. The normalized spacial score (nSPS) is 24.4. The minimum Gasteiger partial charge on any atom is -0.399 e. The second kappa shape index (κ2) is 4.87. The van der Waals surface area contributed by atoms with Crippen molar-refractivity contribution in [1.82, 2.24) is 0 Å². The first-order valence-electron chi connectivity index (χ1n) is 6.47. The van der Waals surface area contributed by atoms with E-state index in [2.05, 4.69) is 11.7 Å². The van der Waals surface area contributed by atoms with Gasteiger partial charge in [0.2, 0.25) is 0 Å². The summed E-state index contributed by atoms with van der Waals surface area (Å²) >= 11 is 0. The van der Waals surface area contributed by atoms with Crippen LogP contribution in [0.3, 0.4) is 0 Å². The summed E-state index contributed by atoms with van der Waals surface area (Å²) in [7, 11) is 1.42. The van der Waals surface area contributed by atoms with Crippen molar-refractivity contribution < 1.29 is 14.7 Å². The first kappa shape index (κ1) is 14.5. The average Bonchev–Trinajstić information content (AvgIpc) is 2.43. The summed E-state index contributed by atoms with van der Waals surface area (Å²) in [4.78, 5) is 17.2. The third kappa shape index (κ3) is 1.96. The van der Waals surface area contributed by atoms with Crippen molar-refractivity contribution in [3.05, 3.63) is 48.0 Å². The molecule has 0 aromatic heterocycles. The number of carbonyl (C=O) groups excluding carboxylic acids is 1. The maximum Gasteiger partial charge on any atom is 0.166 e. The maximum absolute atomic E-state index is 12.3. The van der Waals surface area contributed by atoms with Crippen molar-refractivity contribution in [3.63, 3.8) is 0 Å². The molecule has 1 unspecified atom stereocenters. The Bertz CT molecular complexity index is 589. The van der Waals surface area contributed by atoms with Gasteiger partial charge in [-0.15, -0.1) is 6.58 Å². The van der Waals surface area contributed by atoms with E-state index in [1.165, 1.54) is 7.11 Å². The summed E-state index contributed by atoms with van der Waals surface area (Å²) in [6, 6.07) is 7.12. The van der Waals surface area contributed by atoms with Gasteiger partial charge in [-0.25, -0.2) is 0 Å². The van der Waals surface area contributed by atoms with Crippen LogP contribution in [-0.2, 0) is 4.84 Å². The lowest BCUT2D eigenvalue weighted by Gasteiger charge is -2.43. The SMILES string of the molecule is C=CC(C)(C)C1(O)CC(=O)c2ccccc2C1=NOC. The summed E-state index contributed by atoms with van der Waals surface area (Å²) in [6.07, 6.45) is 1.60. The number of aliphatic hydroxyl groups is 1. The Morgan fingerprint density at radius 3 is 2.55 bits per heavy atom. The molecule has 20 heavy (non-hydrogen) atoms. The number of hydrogen-bond acceptors (Lipinski definition) is 4. The predicted octanol–water partition coefficient (Wildman–Crippen LogP) is 2.57. The van der Waals surface area contributed by atoms with E-state index in [0.717, 1.165) is 0 Å². The summed E-state index contributed by atoms with van der Waals surface area (Å²) in [5.41, 5.74) is -0.597. The van der Waals surface area contributed by atoms with Crippen LogP contribution in [0.4, 0.5) is 0 Å². The van der Waals surface area contributed by atoms with Gasteiger partial charge in [0.1, 0.15) is 18.4 Å². The van der Waals surface area contributed by atoms with Crippen LogP contribution in [0.5, 0.6) is 0 Å². The zero-order chi connectivity index (χ0) is 15.0. The number of hydrogen-bond donors (Lipinski definition) is 1. The predicted molar refractivity (Wildman–Crippen MR) is 77.9 cm³/mol. The van der Waals surface area contributed by atoms with Crippen LogP contribution >= 0.6 is 0 Å². The van der Waals surface area contributed by atoms with Crippen molar-refractivity contribution in [1.29, 1.82) is 0 Å². The van der Waals surface area contributed by atoms with Crippen LogP contribution < -0.4 is 0 Å². The van der Waals surface area contributed by atoms with Gasteiger partial charge in [0.15, 0.2) is 5.78 Å². The highest BCUT2D eigenvalue weighted by Gasteiger charge is 2.51. The molecule has 0 bridgehead atoms. The van der Waals surface area contributed by atoms with E-state index >= 15 is 0 Å². The molecule has 0 aliphatic heterocycles. The fraction of sp³-hybridized carbons (Fsp3) is 0.375. The van der Waals surface area contributed by atoms with Gasteiger partial charge in [0.25, 0.3) is 0 Å². The summed E-state index contributed by atoms with van der Waals surface area (Å²) < 4.78 is 0. The Balaban J connectivity index is 2.72. The van der Waals surface area contributed by atoms with Gasteiger partial charge in [-0.2, -0.15) is 0 Å². The zero-order valence-electron chi connectivity index (χ0n) is 12.0. The first-order valence-corrected chi connectivity index (χ1v) is 6.47. The van der Waals surface area contributed by atoms with Gasteiger partial charge in [-0.05, 0) is 0 Å². The van der Waals surface area contributed by atoms with E-state index < -0.39 is 11.0 Å². The van der Waals surface area contributed by atoms with E-state index in [-0.39, 0.29) is 12.2 Å². The number of oxime groups is 1. The van der Waals surface area contributed by atoms with Gasteiger partial charge in [0.05, 0.1) is 0 Å². The largest absolute Gasteiger partial charge is 0.399 e. The molecule has 1 atom stereocenters. The van der Waals surface area contributed by atoms with Crippen molar-refractivity contribution in [2.45, 2.75) is 25.9 Å². The third-order valence-electron chi connectivity index (χ3n) is 4.05. The van der Waals surface area contributed by atoms with E-state index in [4.69, 9.17) is 4.84 Å². The molecule has 0 amide bonds. The molecule has 1 N–H and O–H groups in total. The number of rotatable bonds is 3. The maximum atomic E-state index is 12.3. The molecule has 2 rings (SSSR count). The molecule has 0 saturated heterocycles. The topological polar surface area (TPSA) is 58.9 Å². The van der Waals surface area contributed by atoms with Crippen LogP contribution in [0.2, 0.25) is 0 Å². The highest BCUT2D eigenvalue weighted by atomic mass is 16.6. The molecule has 0 saturated carbocycles. The van der Waals surface area contributed by atoms with Crippen LogP contribution in [0, 0.1) is 5.41 Å². The highest BCUT2D eigenvalue weighted by molar-refractivity contribution is 6.20. The molecule has 4 heteroatoms. The van der Waals surface area contributed by atoms with E-state index in [0.29, 0.717) is 16.8 Å². The second-order valence-corrected chi connectivity index (χ2v) is 5.55. The van der Waals surface area contributed by atoms with Gasteiger partial charge < -0.3 is 9.94 Å². The van der Waals surface area contributed by atoms with E-state index in [9.17, 15) is 9.90 Å². The van der Waals surface area contributed by atoms with E-state index in [1.54, 1.807) is 24.3 Å². The highest BCUT2D eigenvalue weighted by Crippen LogP contribution is 2.42. The van der Waals surface area contributed by atoms with Gasteiger partial charge in [-0.3, -0.25) is 4.79 Å². The fourth-order valence-electron chi connectivity index (χ4n) is 2.48. The number of fused-ring (bicyclic) bond motifs is 1. The first-order chi connectivity index (χ1) is 9.37. The number of nitrogens with zero attached hydrogens (tertiary/aromatic N) is 1. The fourth-order valence-corrected chi connectivity index (χ4v) is 2.48. The number of benzene rings is 1. The number of carbonyl (C=O) groups is 1. The van der Waals surface area contributed by atoms with Gasteiger partial charge in [0, 0.05) is 23.0 Å². The molecule has 4 nitrogen and oxygen atoms in total. The molecular weight excluding hydrogens is 254 g/mol. The molecule has 0 spiro atoms. The lowest BCUT2D eigenvalue weighted by atomic mass is 9.64. The smallest absolute Gasteiger partial charge is 0.166 e. The average molecular weight is 273 g/mol. The molecule has 1 aromatic carbocycles.